The summed E-state index contributed by atoms with van der Waals surface area (Å²) < 4.78 is 7.48. The fraction of sp³-hybridized carbons (Fsp3) is 0.450. The van der Waals surface area contributed by atoms with Crippen molar-refractivity contribution in [3.05, 3.63) is 47.2 Å². The molecule has 128 valence electrons. The Balaban J connectivity index is 2.18. The second kappa shape index (κ2) is 7.89. The molecule has 0 bridgehead atoms. The number of aromatic nitrogens is 1. The van der Waals surface area contributed by atoms with Gasteiger partial charge in [0.1, 0.15) is 0 Å². The molecule has 1 aromatic carbocycles. The number of ether oxygens (including phenoxy) is 1. The number of hydrogen-bond donors (Lipinski definition) is 0. The maximum Gasteiger partial charge on any atom is 0.340 e. The van der Waals surface area contributed by atoms with Crippen molar-refractivity contribution in [2.24, 2.45) is 0 Å². The van der Waals surface area contributed by atoms with Gasteiger partial charge in [0.25, 0.3) is 0 Å². The number of fused-ring (bicyclic) bond motifs is 1. The Kier molecular flexibility index (Phi) is 5.62. The molecule has 0 spiro atoms. The highest BCUT2D eigenvalue weighted by Crippen LogP contribution is 2.36. The molecule has 3 nitrogen and oxygen atoms in total. The zero-order valence-corrected chi connectivity index (χ0v) is 14.9. The van der Waals surface area contributed by atoms with Gasteiger partial charge >= 0.3 is 5.97 Å². The van der Waals surface area contributed by atoms with Crippen LogP contribution < -0.4 is 0 Å². The summed E-state index contributed by atoms with van der Waals surface area (Å²) in [6, 6.07) is 10.2. The molecule has 0 saturated carbocycles. The first-order valence-electron chi connectivity index (χ1n) is 8.71. The molecule has 0 N–H and O–H groups in total. The number of hydrogen-bond acceptors (Lipinski definition) is 2. The standard InChI is InChI=1S/C20H24ClNO2/c1-24-20(23)18-16-11-5-6-12-17(16)22(14-8-7-13-21)19(18)15-9-3-2-4-10-15/h2-4,9-10H,5-8,11-14H2,1H3. The van der Waals surface area contributed by atoms with Gasteiger partial charge in [-0.25, -0.2) is 4.79 Å². The van der Waals surface area contributed by atoms with Crippen molar-refractivity contribution in [1.82, 2.24) is 4.57 Å². The predicted octanol–water partition coefficient (Wildman–Crippen LogP) is 4.84. The predicted molar refractivity (Wildman–Crippen MR) is 97.8 cm³/mol. The average Bonchev–Trinajstić information content (AvgIpc) is 2.96. The van der Waals surface area contributed by atoms with E-state index in [0.717, 1.165) is 55.5 Å². The number of carbonyl (C=O) groups is 1. The molecule has 0 atom stereocenters. The van der Waals surface area contributed by atoms with E-state index in [2.05, 4.69) is 16.7 Å². The van der Waals surface area contributed by atoms with E-state index in [0.29, 0.717) is 5.88 Å². The molecule has 4 heteroatoms. The van der Waals surface area contributed by atoms with E-state index in [1.165, 1.54) is 24.8 Å². The summed E-state index contributed by atoms with van der Waals surface area (Å²) >= 11 is 5.86. The number of benzene rings is 1. The monoisotopic (exact) mass is 345 g/mol. The number of methoxy groups -OCH3 is 1. The van der Waals surface area contributed by atoms with Gasteiger partial charge in [-0.1, -0.05) is 30.3 Å². The molecular formula is C20H24ClNO2. The van der Waals surface area contributed by atoms with Crippen LogP contribution in [-0.4, -0.2) is 23.5 Å². The summed E-state index contributed by atoms with van der Waals surface area (Å²) in [5, 5.41) is 0. The number of alkyl halides is 1. The van der Waals surface area contributed by atoms with Crippen LogP contribution in [0.25, 0.3) is 11.3 Å². The molecule has 2 aromatic rings. The maximum absolute atomic E-state index is 12.6. The fourth-order valence-corrected chi connectivity index (χ4v) is 3.89. The molecule has 1 aliphatic carbocycles. The van der Waals surface area contributed by atoms with Crippen LogP contribution in [0.15, 0.2) is 30.3 Å². The van der Waals surface area contributed by atoms with Crippen molar-refractivity contribution in [2.45, 2.75) is 45.1 Å². The van der Waals surface area contributed by atoms with Crippen LogP contribution in [0, 0.1) is 0 Å². The third-order valence-electron chi connectivity index (χ3n) is 4.78. The van der Waals surface area contributed by atoms with Gasteiger partial charge in [-0.2, -0.15) is 0 Å². The summed E-state index contributed by atoms with van der Waals surface area (Å²) in [7, 11) is 1.47. The molecule has 0 aliphatic heterocycles. The summed E-state index contributed by atoms with van der Waals surface area (Å²) in [6.45, 7) is 0.899. The van der Waals surface area contributed by atoms with Crippen molar-refractivity contribution in [2.75, 3.05) is 13.0 Å². The molecule has 3 rings (SSSR count). The normalized spacial score (nSPS) is 13.6. The van der Waals surface area contributed by atoms with Crippen molar-refractivity contribution >= 4 is 17.6 Å². The van der Waals surface area contributed by atoms with Crippen molar-refractivity contribution in [3.63, 3.8) is 0 Å². The Morgan fingerprint density at radius 1 is 1.17 bits per heavy atom. The Morgan fingerprint density at radius 3 is 2.62 bits per heavy atom. The van der Waals surface area contributed by atoms with Crippen molar-refractivity contribution < 1.29 is 9.53 Å². The van der Waals surface area contributed by atoms with Crippen molar-refractivity contribution in [1.29, 1.82) is 0 Å². The fourth-order valence-electron chi connectivity index (χ4n) is 3.70. The van der Waals surface area contributed by atoms with E-state index in [1.54, 1.807) is 0 Å². The molecule has 0 fully saturated rings. The number of halogens is 1. The Bertz CT molecular complexity index is 706. The Morgan fingerprint density at radius 2 is 1.92 bits per heavy atom. The van der Waals surface area contributed by atoms with Crippen molar-refractivity contribution in [3.8, 4) is 11.3 Å². The second-order valence-electron chi connectivity index (χ2n) is 6.26. The highest BCUT2D eigenvalue weighted by Gasteiger charge is 2.29. The van der Waals surface area contributed by atoms with Gasteiger partial charge in [-0.15, -0.1) is 11.6 Å². The van der Waals surface area contributed by atoms with Crippen LogP contribution in [0.4, 0.5) is 0 Å². The van der Waals surface area contributed by atoms with E-state index in [4.69, 9.17) is 16.3 Å². The highest BCUT2D eigenvalue weighted by molar-refractivity contribution is 6.17. The number of nitrogens with zero attached hydrogens (tertiary/aromatic N) is 1. The van der Waals surface area contributed by atoms with E-state index in [9.17, 15) is 4.79 Å². The lowest BCUT2D eigenvalue weighted by atomic mass is 9.93. The minimum absolute atomic E-state index is 0.219. The molecule has 1 aromatic heterocycles. The quantitative estimate of drug-likeness (QED) is 0.426. The van der Waals surface area contributed by atoms with Gasteiger partial charge in [-0.3, -0.25) is 0 Å². The molecule has 0 radical (unpaired) electrons. The maximum atomic E-state index is 12.6. The van der Waals surface area contributed by atoms with Gasteiger partial charge < -0.3 is 9.30 Å². The number of unbranched alkanes of at least 4 members (excludes halogenated alkanes) is 1. The van der Waals surface area contributed by atoms with Crippen LogP contribution >= 0.6 is 11.6 Å². The molecule has 1 heterocycles. The molecule has 24 heavy (non-hydrogen) atoms. The Hall–Kier alpha value is -1.74. The summed E-state index contributed by atoms with van der Waals surface area (Å²) in [4.78, 5) is 12.6. The molecule has 1 aliphatic rings. The summed E-state index contributed by atoms with van der Waals surface area (Å²) in [5.74, 6) is 0.455. The van der Waals surface area contributed by atoms with E-state index < -0.39 is 0 Å². The van der Waals surface area contributed by atoms with Gasteiger partial charge in [0.15, 0.2) is 0 Å². The largest absolute Gasteiger partial charge is 0.465 e. The lowest BCUT2D eigenvalue weighted by molar-refractivity contribution is 0.0600. The van der Waals surface area contributed by atoms with Gasteiger partial charge in [0.2, 0.25) is 0 Å². The first-order chi connectivity index (χ1) is 11.8. The third-order valence-corrected chi connectivity index (χ3v) is 5.04. The summed E-state index contributed by atoms with van der Waals surface area (Å²) in [5.41, 5.74) is 5.37. The molecular weight excluding hydrogens is 322 g/mol. The van der Waals surface area contributed by atoms with Gasteiger partial charge in [0, 0.05) is 18.1 Å². The minimum Gasteiger partial charge on any atom is -0.465 e. The number of esters is 1. The highest BCUT2D eigenvalue weighted by atomic mass is 35.5. The third kappa shape index (κ3) is 3.23. The zero-order valence-electron chi connectivity index (χ0n) is 14.2. The number of carbonyl (C=O) groups excluding carboxylic acids is 1. The van der Waals surface area contributed by atoms with E-state index in [-0.39, 0.29) is 5.97 Å². The topological polar surface area (TPSA) is 31.2 Å². The van der Waals surface area contributed by atoms with Gasteiger partial charge in [0.05, 0.1) is 18.4 Å². The average molecular weight is 346 g/mol. The van der Waals surface area contributed by atoms with Crippen LogP contribution in [-0.2, 0) is 24.1 Å². The first-order valence-corrected chi connectivity index (χ1v) is 9.25. The van der Waals surface area contributed by atoms with Crippen LogP contribution in [0.2, 0.25) is 0 Å². The molecule has 0 amide bonds. The number of rotatable bonds is 6. The van der Waals surface area contributed by atoms with Crippen LogP contribution in [0.5, 0.6) is 0 Å². The molecule has 0 saturated heterocycles. The Labute approximate surface area is 148 Å². The SMILES string of the molecule is COC(=O)c1c2c(n(CCCCCl)c1-c1ccccc1)CCCC2. The first kappa shape index (κ1) is 17.1. The lowest BCUT2D eigenvalue weighted by Crippen LogP contribution is -2.10. The van der Waals surface area contributed by atoms with E-state index >= 15 is 0 Å². The second-order valence-corrected chi connectivity index (χ2v) is 6.64. The van der Waals surface area contributed by atoms with Crippen LogP contribution in [0.1, 0.15) is 47.3 Å². The van der Waals surface area contributed by atoms with Crippen LogP contribution in [0.3, 0.4) is 0 Å². The smallest absolute Gasteiger partial charge is 0.340 e. The molecule has 0 unspecified atom stereocenters. The van der Waals surface area contributed by atoms with E-state index in [1.807, 2.05) is 18.2 Å². The van der Waals surface area contributed by atoms with Gasteiger partial charge in [-0.05, 0) is 49.7 Å². The minimum atomic E-state index is -0.219. The summed E-state index contributed by atoms with van der Waals surface area (Å²) in [6.07, 6.45) is 6.31. The lowest BCUT2D eigenvalue weighted by Gasteiger charge is -2.17. The zero-order chi connectivity index (χ0) is 16.9.